The summed E-state index contributed by atoms with van der Waals surface area (Å²) in [5.41, 5.74) is 2.32. The van der Waals surface area contributed by atoms with Crippen molar-refractivity contribution in [2.24, 2.45) is 0 Å². The van der Waals surface area contributed by atoms with Crippen LogP contribution in [-0.4, -0.2) is 16.7 Å². The van der Waals surface area contributed by atoms with Crippen LogP contribution in [0.2, 0.25) is 10.0 Å². The van der Waals surface area contributed by atoms with Gasteiger partial charge >= 0.3 is 0 Å². The van der Waals surface area contributed by atoms with Gasteiger partial charge in [-0.3, -0.25) is 4.57 Å². The van der Waals surface area contributed by atoms with Crippen LogP contribution in [0.3, 0.4) is 0 Å². The Labute approximate surface area is 162 Å². The van der Waals surface area contributed by atoms with Gasteiger partial charge in [-0.25, -0.2) is 9.37 Å². The predicted molar refractivity (Wildman–Crippen MR) is 103 cm³/mol. The standard InChI is InChI=1S/C20H19Cl2FN2O/c1-12-24-11-19(20(2,3)13-5-7-15(21)16(22)9-13)25(12)14-6-8-17(23)18(10-14)26-4/h5-11H,1-4H3. The van der Waals surface area contributed by atoms with Crippen LogP contribution in [0.15, 0.2) is 42.6 Å². The summed E-state index contributed by atoms with van der Waals surface area (Å²) in [5, 5.41) is 1.02. The quantitative estimate of drug-likeness (QED) is 0.547. The lowest BCUT2D eigenvalue weighted by Crippen LogP contribution is -2.23. The zero-order valence-electron chi connectivity index (χ0n) is 15.0. The van der Waals surface area contributed by atoms with Gasteiger partial charge in [0.1, 0.15) is 5.82 Å². The Morgan fingerprint density at radius 1 is 1.08 bits per heavy atom. The first-order chi connectivity index (χ1) is 12.3. The molecule has 0 fully saturated rings. The molecule has 0 spiro atoms. The molecule has 0 saturated carbocycles. The zero-order valence-corrected chi connectivity index (χ0v) is 16.5. The van der Waals surface area contributed by atoms with Crippen molar-refractivity contribution in [1.82, 2.24) is 9.55 Å². The number of hydrogen-bond acceptors (Lipinski definition) is 2. The highest BCUT2D eigenvalue weighted by Gasteiger charge is 2.29. The second-order valence-corrected chi connectivity index (χ2v) is 7.41. The predicted octanol–water partition coefficient (Wildman–Crippen LogP) is 5.96. The van der Waals surface area contributed by atoms with Crippen molar-refractivity contribution in [2.45, 2.75) is 26.2 Å². The molecule has 0 bridgehead atoms. The smallest absolute Gasteiger partial charge is 0.165 e. The highest BCUT2D eigenvalue weighted by molar-refractivity contribution is 6.42. The maximum atomic E-state index is 13.8. The molecule has 136 valence electrons. The average Bonchev–Trinajstić information content (AvgIpc) is 3.00. The van der Waals surface area contributed by atoms with E-state index in [2.05, 4.69) is 18.8 Å². The van der Waals surface area contributed by atoms with Crippen LogP contribution in [-0.2, 0) is 5.41 Å². The van der Waals surface area contributed by atoms with Gasteiger partial charge in [-0.05, 0) is 36.8 Å². The van der Waals surface area contributed by atoms with Gasteiger partial charge in [0.05, 0.1) is 28.5 Å². The van der Waals surface area contributed by atoms with Crippen molar-refractivity contribution in [3.8, 4) is 11.4 Å². The number of methoxy groups -OCH3 is 1. The Morgan fingerprint density at radius 3 is 2.46 bits per heavy atom. The van der Waals surface area contributed by atoms with E-state index in [1.54, 1.807) is 18.2 Å². The summed E-state index contributed by atoms with van der Waals surface area (Å²) in [6.07, 6.45) is 1.83. The van der Waals surface area contributed by atoms with E-state index in [0.717, 1.165) is 22.8 Å². The molecule has 2 aromatic carbocycles. The molecular formula is C20H19Cl2FN2O. The highest BCUT2D eigenvalue weighted by atomic mass is 35.5. The molecule has 3 rings (SSSR count). The first-order valence-electron chi connectivity index (χ1n) is 8.10. The molecular weight excluding hydrogens is 374 g/mol. The molecule has 0 aliphatic carbocycles. The summed E-state index contributed by atoms with van der Waals surface area (Å²) in [5.74, 6) is 0.579. The van der Waals surface area contributed by atoms with E-state index in [0.29, 0.717) is 10.0 Å². The van der Waals surface area contributed by atoms with Gasteiger partial charge < -0.3 is 4.74 Å². The van der Waals surface area contributed by atoms with Gasteiger partial charge in [0.15, 0.2) is 11.6 Å². The fourth-order valence-electron chi connectivity index (χ4n) is 3.03. The molecule has 0 saturated heterocycles. The maximum absolute atomic E-state index is 13.8. The molecule has 0 N–H and O–H groups in total. The minimum absolute atomic E-state index is 0.189. The maximum Gasteiger partial charge on any atom is 0.165 e. The molecule has 6 heteroatoms. The normalized spacial score (nSPS) is 11.7. The van der Waals surface area contributed by atoms with Crippen molar-refractivity contribution < 1.29 is 9.13 Å². The second-order valence-electron chi connectivity index (χ2n) is 6.60. The summed E-state index contributed by atoms with van der Waals surface area (Å²) in [4.78, 5) is 4.47. The van der Waals surface area contributed by atoms with Crippen LogP contribution in [0.4, 0.5) is 4.39 Å². The lowest BCUT2D eigenvalue weighted by Gasteiger charge is -2.27. The molecule has 1 aromatic heterocycles. The number of nitrogens with zero attached hydrogens (tertiary/aromatic N) is 2. The monoisotopic (exact) mass is 392 g/mol. The highest BCUT2D eigenvalue weighted by Crippen LogP contribution is 2.37. The number of benzene rings is 2. The number of imidazole rings is 1. The van der Waals surface area contributed by atoms with E-state index < -0.39 is 11.2 Å². The summed E-state index contributed by atoms with van der Waals surface area (Å²) in [6.45, 7) is 6.07. The summed E-state index contributed by atoms with van der Waals surface area (Å²) >= 11 is 12.3. The largest absolute Gasteiger partial charge is 0.494 e. The first kappa shape index (κ1) is 18.7. The topological polar surface area (TPSA) is 27.1 Å². The number of aromatic nitrogens is 2. The lowest BCUT2D eigenvalue weighted by molar-refractivity contribution is 0.386. The van der Waals surface area contributed by atoms with Gasteiger partial charge in [-0.15, -0.1) is 0 Å². The zero-order chi connectivity index (χ0) is 19.1. The molecule has 0 aliphatic heterocycles. The van der Waals surface area contributed by atoms with Crippen molar-refractivity contribution in [3.63, 3.8) is 0 Å². The lowest BCUT2D eigenvalue weighted by atomic mass is 9.81. The van der Waals surface area contributed by atoms with Gasteiger partial charge in [0.25, 0.3) is 0 Å². The molecule has 0 unspecified atom stereocenters. The van der Waals surface area contributed by atoms with Crippen molar-refractivity contribution in [2.75, 3.05) is 7.11 Å². The molecule has 3 nitrogen and oxygen atoms in total. The van der Waals surface area contributed by atoms with Crippen LogP contribution < -0.4 is 4.74 Å². The van der Waals surface area contributed by atoms with Gasteiger partial charge in [-0.2, -0.15) is 0 Å². The number of halogens is 3. The average molecular weight is 393 g/mol. The summed E-state index contributed by atoms with van der Waals surface area (Å²) in [6, 6.07) is 10.4. The molecule has 26 heavy (non-hydrogen) atoms. The Hall–Kier alpha value is -2.04. The minimum atomic E-state index is -0.406. The molecule has 0 aliphatic rings. The number of ether oxygens (including phenoxy) is 1. The Bertz CT molecular complexity index is 966. The number of aryl methyl sites for hydroxylation is 1. The number of hydrogen-bond donors (Lipinski definition) is 0. The Balaban J connectivity index is 2.17. The summed E-state index contributed by atoms with van der Waals surface area (Å²) < 4.78 is 20.9. The van der Waals surface area contributed by atoms with Gasteiger partial charge in [0.2, 0.25) is 0 Å². The van der Waals surface area contributed by atoms with Crippen molar-refractivity contribution >= 4 is 23.2 Å². The molecule has 0 amide bonds. The fourth-order valence-corrected chi connectivity index (χ4v) is 3.33. The van der Waals surface area contributed by atoms with Gasteiger partial charge in [0, 0.05) is 17.7 Å². The third-order valence-electron chi connectivity index (χ3n) is 4.61. The van der Waals surface area contributed by atoms with Crippen LogP contribution >= 0.6 is 23.2 Å². The van der Waals surface area contributed by atoms with Crippen LogP contribution in [0.1, 0.15) is 30.9 Å². The van der Waals surface area contributed by atoms with Crippen LogP contribution in [0, 0.1) is 12.7 Å². The molecule has 3 aromatic rings. The van der Waals surface area contributed by atoms with Crippen LogP contribution in [0.25, 0.3) is 5.69 Å². The van der Waals surface area contributed by atoms with E-state index in [-0.39, 0.29) is 5.75 Å². The van der Waals surface area contributed by atoms with Gasteiger partial charge in [-0.1, -0.05) is 43.1 Å². The summed E-state index contributed by atoms with van der Waals surface area (Å²) in [7, 11) is 1.45. The minimum Gasteiger partial charge on any atom is -0.494 e. The third kappa shape index (κ3) is 3.19. The molecule has 1 heterocycles. The molecule has 0 atom stereocenters. The van der Waals surface area contributed by atoms with E-state index in [1.165, 1.54) is 13.2 Å². The van der Waals surface area contributed by atoms with E-state index in [9.17, 15) is 4.39 Å². The van der Waals surface area contributed by atoms with Crippen molar-refractivity contribution in [3.05, 3.63) is 75.5 Å². The molecule has 0 radical (unpaired) electrons. The van der Waals surface area contributed by atoms with E-state index >= 15 is 0 Å². The Morgan fingerprint density at radius 2 is 1.81 bits per heavy atom. The fraction of sp³-hybridized carbons (Fsp3) is 0.250. The third-order valence-corrected chi connectivity index (χ3v) is 5.35. The second kappa shape index (κ2) is 6.93. The Kier molecular flexibility index (Phi) is 5.00. The first-order valence-corrected chi connectivity index (χ1v) is 8.85. The SMILES string of the molecule is COc1cc(-n2c(C(C)(C)c3ccc(Cl)c(Cl)c3)cnc2C)ccc1F. The number of rotatable bonds is 4. The van der Waals surface area contributed by atoms with Crippen molar-refractivity contribution in [1.29, 1.82) is 0 Å². The van der Waals surface area contributed by atoms with E-state index in [1.807, 2.05) is 29.8 Å². The van der Waals surface area contributed by atoms with E-state index in [4.69, 9.17) is 27.9 Å². The van der Waals surface area contributed by atoms with Crippen LogP contribution in [0.5, 0.6) is 5.75 Å².